The Balaban J connectivity index is 3.06. The molecule has 1 aromatic carbocycles. The number of rotatable bonds is 5. The molecule has 0 aromatic heterocycles. The van der Waals surface area contributed by atoms with Crippen LogP contribution in [0.1, 0.15) is 32.4 Å². The van der Waals surface area contributed by atoms with Crippen LogP contribution in [-0.4, -0.2) is 26.5 Å². The lowest BCUT2D eigenvalue weighted by Crippen LogP contribution is -2.45. The number of hydrogen-bond donors (Lipinski definition) is 2. The SMILES string of the molecule is CC(C)(C)[S+]([O-])N[C@@H](c1cccc(F)c1)[C@@H](F)C(=O)O. The maximum Gasteiger partial charge on any atom is 0.340 e. The minimum Gasteiger partial charge on any atom is -0.598 e. The van der Waals surface area contributed by atoms with E-state index in [1.54, 1.807) is 20.8 Å². The van der Waals surface area contributed by atoms with Crippen molar-refractivity contribution in [1.29, 1.82) is 0 Å². The predicted octanol–water partition coefficient (Wildman–Crippen LogP) is 2.34. The molecule has 0 aliphatic heterocycles. The van der Waals surface area contributed by atoms with Gasteiger partial charge in [-0.15, -0.1) is 4.72 Å². The second-order valence-corrected chi connectivity index (χ2v) is 7.27. The van der Waals surface area contributed by atoms with Gasteiger partial charge < -0.3 is 9.66 Å². The molecule has 20 heavy (non-hydrogen) atoms. The molecule has 7 heteroatoms. The lowest BCUT2D eigenvalue weighted by molar-refractivity contribution is -0.143. The Bertz CT molecular complexity index is 479. The van der Waals surface area contributed by atoms with Crippen LogP contribution in [-0.2, 0) is 16.2 Å². The molecule has 0 radical (unpaired) electrons. The molecular weight excluding hydrogens is 288 g/mol. The highest BCUT2D eigenvalue weighted by molar-refractivity contribution is 7.90. The van der Waals surface area contributed by atoms with Gasteiger partial charge in [0.25, 0.3) is 0 Å². The Labute approximate surface area is 119 Å². The standard InChI is InChI=1S/C13H17F2NO3S/c1-13(2,3)20(19)16-11(10(15)12(17)18)8-5-4-6-9(14)7-8/h4-7,10-11,16H,1-3H3,(H,17,18)/t10-,11+,20?/m1/s1. The number of aliphatic carboxylic acids is 1. The van der Waals surface area contributed by atoms with Crippen molar-refractivity contribution in [2.75, 3.05) is 0 Å². The van der Waals surface area contributed by atoms with Crippen LogP contribution in [0.15, 0.2) is 24.3 Å². The first-order valence-corrected chi connectivity index (χ1v) is 7.08. The van der Waals surface area contributed by atoms with E-state index in [2.05, 4.69) is 4.72 Å². The van der Waals surface area contributed by atoms with Gasteiger partial charge >= 0.3 is 5.97 Å². The average molecular weight is 305 g/mol. The second-order valence-electron chi connectivity index (χ2n) is 5.27. The van der Waals surface area contributed by atoms with E-state index in [-0.39, 0.29) is 5.56 Å². The number of hydrogen-bond acceptors (Lipinski definition) is 3. The van der Waals surface area contributed by atoms with Gasteiger partial charge in [-0.2, -0.15) is 0 Å². The van der Waals surface area contributed by atoms with E-state index in [1.807, 2.05) is 0 Å². The normalized spacial score (nSPS) is 16.5. The van der Waals surface area contributed by atoms with Gasteiger partial charge in [-0.25, -0.2) is 13.6 Å². The van der Waals surface area contributed by atoms with Crippen LogP contribution >= 0.6 is 0 Å². The van der Waals surface area contributed by atoms with Gasteiger partial charge in [0.2, 0.25) is 6.17 Å². The quantitative estimate of drug-likeness (QED) is 0.819. The zero-order valence-corrected chi connectivity index (χ0v) is 12.2. The third-order valence-electron chi connectivity index (χ3n) is 2.53. The summed E-state index contributed by atoms with van der Waals surface area (Å²) in [5.41, 5.74) is 0.0949. The van der Waals surface area contributed by atoms with E-state index in [0.29, 0.717) is 0 Å². The number of carbonyl (C=O) groups is 1. The molecule has 1 aromatic rings. The van der Waals surface area contributed by atoms with E-state index in [0.717, 1.165) is 12.1 Å². The summed E-state index contributed by atoms with van der Waals surface area (Å²) in [7, 11) is 0. The van der Waals surface area contributed by atoms with Crippen molar-refractivity contribution in [2.24, 2.45) is 0 Å². The van der Waals surface area contributed by atoms with Crippen molar-refractivity contribution in [1.82, 2.24) is 4.72 Å². The molecule has 3 atom stereocenters. The molecule has 0 spiro atoms. The van der Waals surface area contributed by atoms with Gasteiger partial charge in [0, 0.05) is 11.4 Å². The third-order valence-corrected chi connectivity index (χ3v) is 4.11. The number of halogens is 2. The molecule has 0 bridgehead atoms. The molecule has 1 unspecified atom stereocenters. The van der Waals surface area contributed by atoms with Gasteiger partial charge in [0.1, 0.15) is 16.6 Å². The lowest BCUT2D eigenvalue weighted by atomic mass is 10.0. The van der Waals surface area contributed by atoms with Crippen molar-refractivity contribution < 1.29 is 23.2 Å². The van der Waals surface area contributed by atoms with Crippen LogP contribution < -0.4 is 4.72 Å². The topological polar surface area (TPSA) is 72.4 Å². The summed E-state index contributed by atoms with van der Waals surface area (Å²) in [5, 5.41) is 8.79. The summed E-state index contributed by atoms with van der Waals surface area (Å²) in [6.07, 6.45) is -2.33. The zero-order valence-electron chi connectivity index (χ0n) is 11.4. The molecule has 0 saturated heterocycles. The van der Waals surface area contributed by atoms with Crippen LogP contribution in [0, 0.1) is 5.82 Å². The molecular formula is C13H17F2NO3S. The summed E-state index contributed by atoms with van der Waals surface area (Å²) in [4.78, 5) is 10.8. The first-order chi connectivity index (χ1) is 9.12. The van der Waals surface area contributed by atoms with E-state index in [4.69, 9.17) is 5.11 Å². The smallest absolute Gasteiger partial charge is 0.340 e. The summed E-state index contributed by atoms with van der Waals surface area (Å²) in [6, 6.07) is 3.52. The molecule has 0 saturated carbocycles. The number of benzene rings is 1. The lowest BCUT2D eigenvalue weighted by Gasteiger charge is -2.28. The predicted molar refractivity (Wildman–Crippen MR) is 72.7 cm³/mol. The number of carboxylic acid groups (broad SMARTS) is 1. The molecule has 0 amide bonds. The summed E-state index contributed by atoms with van der Waals surface area (Å²) >= 11 is -1.69. The molecule has 1 rings (SSSR count). The average Bonchev–Trinajstić information content (AvgIpc) is 2.33. The number of alkyl halides is 1. The molecule has 0 aliphatic carbocycles. The van der Waals surface area contributed by atoms with Crippen LogP contribution in [0.5, 0.6) is 0 Å². The van der Waals surface area contributed by atoms with Crippen molar-refractivity contribution in [3.8, 4) is 0 Å². The van der Waals surface area contributed by atoms with Crippen LogP contribution in [0.4, 0.5) is 8.78 Å². The molecule has 0 aliphatic rings. The fourth-order valence-corrected chi connectivity index (χ4v) is 2.27. The van der Waals surface area contributed by atoms with Crippen LogP contribution in [0.3, 0.4) is 0 Å². The van der Waals surface area contributed by atoms with Gasteiger partial charge in [0.05, 0.1) is 0 Å². The van der Waals surface area contributed by atoms with Crippen LogP contribution in [0.25, 0.3) is 0 Å². The minimum atomic E-state index is -2.33. The van der Waals surface area contributed by atoms with E-state index in [1.165, 1.54) is 12.1 Å². The monoisotopic (exact) mass is 305 g/mol. The van der Waals surface area contributed by atoms with Crippen molar-refractivity contribution >= 4 is 17.3 Å². The zero-order chi connectivity index (χ0) is 15.5. The highest BCUT2D eigenvalue weighted by Gasteiger charge is 2.37. The van der Waals surface area contributed by atoms with Crippen LogP contribution in [0.2, 0.25) is 0 Å². The van der Waals surface area contributed by atoms with Gasteiger partial charge in [-0.05, 0) is 38.5 Å². The van der Waals surface area contributed by atoms with E-state index < -0.39 is 40.1 Å². The third kappa shape index (κ3) is 4.43. The Hall–Kier alpha value is -1.18. The van der Waals surface area contributed by atoms with E-state index in [9.17, 15) is 18.1 Å². The van der Waals surface area contributed by atoms with Crippen molar-refractivity contribution in [3.63, 3.8) is 0 Å². The van der Waals surface area contributed by atoms with Gasteiger partial charge in [-0.1, -0.05) is 12.1 Å². The fraction of sp³-hybridized carbons (Fsp3) is 0.462. The maximum absolute atomic E-state index is 13.8. The Morgan fingerprint density at radius 2 is 2.05 bits per heavy atom. The highest BCUT2D eigenvalue weighted by Crippen LogP contribution is 2.25. The summed E-state index contributed by atoms with van der Waals surface area (Å²) in [5.74, 6) is -2.31. The summed E-state index contributed by atoms with van der Waals surface area (Å²) in [6.45, 7) is 4.98. The molecule has 2 N–H and O–H groups in total. The number of carboxylic acids is 1. The largest absolute Gasteiger partial charge is 0.598 e. The van der Waals surface area contributed by atoms with Gasteiger partial charge in [-0.3, -0.25) is 0 Å². The Morgan fingerprint density at radius 3 is 2.50 bits per heavy atom. The molecule has 4 nitrogen and oxygen atoms in total. The van der Waals surface area contributed by atoms with Crippen molar-refractivity contribution in [2.45, 2.75) is 37.7 Å². The fourth-order valence-electron chi connectivity index (χ4n) is 1.43. The van der Waals surface area contributed by atoms with Crippen molar-refractivity contribution in [3.05, 3.63) is 35.6 Å². The first-order valence-electron chi connectivity index (χ1n) is 5.93. The second kappa shape index (κ2) is 6.51. The number of nitrogens with one attached hydrogen (secondary N) is 1. The minimum absolute atomic E-state index is 0.0949. The Kier molecular flexibility index (Phi) is 5.50. The summed E-state index contributed by atoms with van der Waals surface area (Å²) < 4.78 is 40.8. The molecule has 0 fully saturated rings. The molecule has 0 heterocycles. The maximum atomic E-state index is 13.8. The molecule has 112 valence electrons. The first kappa shape index (κ1) is 16.9. The van der Waals surface area contributed by atoms with Gasteiger partial charge in [0.15, 0.2) is 0 Å². The Morgan fingerprint density at radius 1 is 1.45 bits per heavy atom. The van der Waals surface area contributed by atoms with E-state index >= 15 is 0 Å². The highest BCUT2D eigenvalue weighted by atomic mass is 32.2.